The van der Waals surface area contributed by atoms with Crippen molar-refractivity contribution in [1.29, 1.82) is 0 Å². The van der Waals surface area contributed by atoms with Crippen molar-refractivity contribution in [3.63, 3.8) is 0 Å². The molecule has 1 saturated heterocycles. The molecule has 3 heterocycles. The van der Waals surface area contributed by atoms with E-state index in [-0.39, 0.29) is 11.9 Å². The molecule has 2 aliphatic rings. The van der Waals surface area contributed by atoms with Crippen LogP contribution in [0.15, 0.2) is 23.0 Å². The molecule has 1 amide bonds. The Morgan fingerprint density at radius 2 is 2.24 bits per heavy atom. The van der Waals surface area contributed by atoms with Crippen LogP contribution in [0.25, 0.3) is 0 Å². The van der Waals surface area contributed by atoms with Crippen LogP contribution in [0.4, 0.5) is 0 Å². The van der Waals surface area contributed by atoms with Crippen LogP contribution < -0.4 is 0 Å². The summed E-state index contributed by atoms with van der Waals surface area (Å²) in [5, 5.41) is 8.29. The van der Waals surface area contributed by atoms with Gasteiger partial charge in [-0.3, -0.25) is 14.4 Å². The van der Waals surface area contributed by atoms with Gasteiger partial charge in [0, 0.05) is 50.9 Å². The molecule has 1 aliphatic carbocycles. The van der Waals surface area contributed by atoms with E-state index in [1.807, 2.05) is 21.8 Å². The van der Waals surface area contributed by atoms with Gasteiger partial charge in [0.15, 0.2) is 5.82 Å². The number of rotatable bonds is 7. The summed E-state index contributed by atoms with van der Waals surface area (Å²) in [4.78, 5) is 20.9. The maximum atomic E-state index is 12.1. The van der Waals surface area contributed by atoms with Gasteiger partial charge in [0.1, 0.15) is 0 Å². The monoisotopic (exact) mass is 344 g/mol. The van der Waals surface area contributed by atoms with E-state index in [1.165, 1.54) is 0 Å². The van der Waals surface area contributed by atoms with Crippen LogP contribution in [-0.4, -0.2) is 61.3 Å². The molecule has 2 aromatic rings. The van der Waals surface area contributed by atoms with E-state index in [0.717, 1.165) is 51.3 Å². The van der Waals surface area contributed by atoms with E-state index in [0.29, 0.717) is 18.3 Å². The molecule has 1 aliphatic heterocycles. The van der Waals surface area contributed by atoms with Crippen LogP contribution in [-0.2, 0) is 17.9 Å². The minimum absolute atomic E-state index is 0.0664. The molecule has 1 atom stereocenters. The highest BCUT2D eigenvalue weighted by Gasteiger charge is 2.32. The SMILES string of the molecule is CC(=O)N(Cc1noc(C2CC2)n1)[C@@H]1CCN(CCn2cccn2)C1. The van der Waals surface area contributed by atoms with Crippen LogP contribution in [0.2, 0.25) is 0 Å². The molecule has 1 saturated carbocycles. The zero-order chi connectivity index (χ0) is 17.2. The first kappa shape index (κ1) is 16.3. The van der Waals surface area contributed by atoms with Gasteiger partial charge in [0.05, 0.1) is 13.1 Å². The average Bonchev–Trinajstić information content (AvgIpc) is 3.04. The number of carbonyl (C=O) groups is 1. The number of nitrogens with zero attached hydrogens (tertiary/aromatic N) is 6. The highest BCUT2D eigenvalue weighted by atomic mass is 16.5. The van der Waals surface area contributed by atoms with Crippen molar-refractivity contribution in [2.75, 3.05) is 19.6 Å². The van der Waals surface area contributed by atoms with Gasteiger partial charge < -0.3 is 9.42 Å². The highest BCUT2D eigenvalue weighted by Crippen LogP contribution is 2.38. The fourth-order valence-electron chi connectivity index (χ4n) is 3.42. The van der Waals surface area contributed by atoms with Crippen molar-refractivity contribution in [2.45, 2.75) is 51.2 Å². The Kier molecular flexibility index (Phi) is 4.52. The minimum Gasteiger partial charge on any atom is -0.339 e. The van der Waals surface area contributed by atoms with E-state index >= 15 is 0 Å². The Balaban J connectivity index is 1.33. The van der Waals surface area contributed by atoms with E-state index in [2.05, 4.69) is 20.1 Å². The smallest absolute Gasteiger partial charge is 0.229 e. The minimum atomic E-state index is 0.0664. The first-order valence-electron chi connectivity index (χ1n) is 8.98. The molecule has 0 N–H and O–H groups in total. The Morgan fingerprint density at radius 3 is 2.96 bits per heavy atom. The molecule has 0 radical (unpaired) electrons. The van der Waals surface area contributed by atoms with Gasteiger partial charge in [0.25, 0.3) is 0 Å². The Morgan fingerprint density at radius 1 is 1.36 bits per heavy atom. The summed E-state index contributed by atoms with van der Waals surface area (Å²) in [6, 6.07) is 2.14. The molecular weight excluding hydrogens is 320 g/mol. The van der Waals surface area contributed by atoms with E-state index in [1.54, 1.807) is 13.1 Å². The van der Waals surface area contributed by atoms with Crippen molar-refractivity contribution in [3.8, 4) is 0 Å². The van der Waals surface area contributed by atoms with Crippen LogP contribution in [0.5, 0.6) is 0 Å². The fourth-order valence-corrected chi connectivity index (χ4v) is 3.42. The molecule has 0 bridgehead atoms. The Bertz CT molecular complexity index is 709. The summed E-state index contributed by atoms with van der Waals surface area (Å²) in [6.45, 7) is 5.74. The molecule has 2 fully saturated rings. The van der Waals surface area contributed by atoms with Gasteiger partial charge in [-0.25, -0.2) is 0 Å². The normalized spacial score (nSPS) is 20.9. The summed E-state index contributed by atoms with van der Waals surface area (Å²) in [5.74, 6) is 1.85. The molecule has 0 aromatic carbocycles. The van der Waals surface area contributed by atoms with Crippen molar-refractivity contribution in [2.24, 2.45) is 0 Å². The number of hydrogen-bond acceptors (Lipinski definition) is 6. The van der Waals surface area contributed by atoms with Gasteiger partial charge in [0.2, 0.25) is 11.8 Å². The maximum Gasteiger partial charge on any atom is 0.229 e. The first-order chi connectivity index (χ1) is 12.2. The van der Waals surface area contributed by atoms with E-state index in [4.69, 9.17) is 4.52 Å². The largest absolute Gasteiger partial charge is 0.339 e. The van der Waals surface area contributed by atoms with Gasteiger partial charge in [-0.15, -0.1) is 0 Å². The number of hydrogen-bond donors (Lipinski definition) is 0. The number of aromatic nitrogens is 4. The van der Waals surface area contributed by atoms with E-state index in [9.17, 15) is 4.79 Å². The molecule has 4 rings (SSSR count). The molecule has 2 aromatic heterocycles. The van der Waals surface area contributed by atoms with Gasteiger partial charge in [-0.05, 0) is 25.3 Å². The molecule has 0 unspecified atom stereocenters. The highest BCUT2D eigenvalue weighted by molar-refractivity contribution is 5.73. The Hall–Kier alpha value is -2.22. The topological polar surface area (TPSA) is 80.3 Å². The van der Waals surface area contributed by atoms with Crippen LogP contribution in [0, 0.1) is 0 Å². The van der Waals surface area contributed by atoms with Gasteiger partial charge >= 0.3 is 0 Å². The van der Waals surface area contributed by atoms with Crippen molar-refractivity contribution < 1.29 is 9.32 Å². The second kappa shape index (κ2) is 6.95. The number of amides is 1. The second-order valence-corrected chi connectivity index (χ2v) is 6.98. The first-order valence-corrected chi connectivity index (χ1v) is 8.98. The summed E-state index contributed by atoms with van der Waals surface area (Å²) < 4.78 is 7.25. The standard InChI is InChI=1S/C17H24N6O2/c1-13(24)23(12-16-19-17(25-20-16)14-3-4-14)15-5-8-21(11-15)9-10-22-7-2-6-18-22/h2,6-7,14-15H,3-5,8-12H2,1H3/t15-/m1/s1. The maximum absolute atomic E-state index is 12.1. The summed E-state index contributed by atoms with van der Waals surface area (Å²) in [6.07, 6.45) is 7.01. The summed E-state index contributed by atoms with van der Waals surface area (Å²) in [5.41, 5.74) is 0. The van der Waals surface area contributed by atoms with Crippen LogP contribution in [0.1, 0.15) is 43.8 Å². The predicted octanol–water partition coefficient (Wildman–Crippen LogP) is 1.27. The van der Waals surface area contributed by atoms with Crippen molar-refractivity contribution in [1.82, 2.24) is 29.7 Å². The van der Waals surface area contributed by atoms with Crippen molar-refractivity contribution in [3.05, 3.63) is 30.2 Å². The molecule has 8 heteroatoms. The number of likely N-dealkylation sites (tertiary alicyclic amines) is 1. The average molecular weight is 344 g/mol. The fraction of sp³-hybridized carbons (Fsp3) is 0.647. The lowest BCUT2D eigenvalue weighted by Crippen LogP contribution is -2.40. The quantitative estimate of drug-likeness (QED) is 0.752. The van der Waals surface area contributed by atoms with Gasteiger partial charge in [-0.1, -0.05) is 5.16 Å². The zero-order valence-electron chi connectivity index (χ0n) is 14.5. The lowest BCUT2D eigenvalue weighted by atomic mass is 10.2. The third kappa shape index (κ3) is 3.89. The van der Waals surface area contributed by atoms with Crippen LogP contribution >= 0.6 is 0 Å². The summed E-state index contributed by atoms with van der Waals surface area (Å²) in [7, 11) is 0. The third-order valence-corrected chi connectivity index (χ3v) is 5.02. The molecule has 8 nitrogen and oxygen atoms in total. The number of carbonyl (C=O) groups excluding carboxylic acids is 1. The molecule has 134 valence electrons. The summed E-state index contributed by atoms with van der Waals surface area (Å²) >= 11 is 0. The van der Waals surface area contributed by atoms with Crippen molar-refractivity contribution >= 4 is 5.91 Å². The Labute approximate surface area is 146 Å². The predicted molar refractivity (Wildman–Crippen MR) is 89.6 cm³/mol. The van der Waals surface area contributed by atoms with E-state index < -0.39 is 0 Å². The van der Waals surface area contributed by atoms with Crippen LogP contribution in [0.3, 0.4) is 0 Å². The second-order valence-electron chi connectivity index (χ2n) is 6.98. The molecule has 0 spiro atoms. The van der Waals surface area contributed by atoms with Gasteiger partial charge in [-0.2, -0.15) is 10.1 Å². The lowest BCUT2D eigenvalue weighted by Gasteiger charge is -2.27. The molecule has 25 heavy (non-hydrogen) atoms. The molecular formula is C17H24N6O2. The zero-order valence-corrected chi connectivity index (χ0v) is 14.5. The third-order valence-electron chi connectivity index (χ3n) is 5.02. The lowest BCUT2D eigenvalue weighted by molar-refractivity contribution is -0.131.